The molecule has 3 rings (SSSR count). The van der Waals surface area contributed by atoms with E-state index >= 15 is 0 Å². The minimum atomic E-state index is -0.665. The molecule has 1 fully saturated rings. The Balaban J connectivity index is 1.71. The number of hydrogen-bond acceptors (Lipinski definition) is 5. The summed E-state index contributed by atoms with van der Waals surface area (Å²) in [7, 11) is 3.65. The number of carbonyl (C=O) groups excluding carboxylic acids is 1. The molecular formula is C18H23N2O5+. The van der Waals surface area contributed by atoms with Crippen molar-refractivity contribution in [3.8, 4) is 5.75 Å². The third-order valence-electron chi connectivity index (χ3n) is 4.68. The predicted octanol–water partition coefficient (Wildman–Crippen LogP) is 1.01. The number of hydrogen-bond donors (Lipinski definition) is 1. The quantitative estimate of drug-likeness (QED) is 0.645. The van der Waals surface area contributed by atoms with E-state index in [0.717, 1.165) is 37.3 Å². The first kappa shape index (κ1) is 17.4. The number of benzene rings is 1. The molecule has 0 spiro atoms. The van der Waals surface area contributed by atoms with Gasteiger partial charge in [-0.2, -0.15) is 0 Å². The predicted molar refractivity (Wildman–Crippen MR) is 93.0 cm³/mol. The van der Waals surface area contributed by atoms with Crippen molar-refractivity contribution in [1.82, 2.24) is 5.32 Å². The fraction of sp³-hybridized carbons (Fsp3) is 0.444. The Hall–Kier alpha value is -2.38. The van der Waals surface area contributed by atoms with Gasteiger partial charge in [-0.25, -0.2) is 4.79 Å². The first-order valence-electron chi connectivity index (χ1n) is 8.33. The lowest BCUT2D eigenvalue weighted by Gasteiger charge is -2.37. The van der Waals surface area contributed by atoms with E-state index < -0.39 is 11.5 Å². The number of amides is 1. The summed E-state index contributed by atoms with van der Waals surface area (Å²) in [5.74, 6) is 0.0460. The fourth-order valence-electron chi connectivity index (χ4n) is 2.98. The second kappa shape index (κ2) is 7.25. The highest BCUT2D eigenvalue weighted by Gasteiger charge is 2.25. The third-order valence-corrected chi connectivity index (χ3v) is 4.68. The highest BCUT2D eigenvalue weighted by atomic mass is 16.5. The van der Waals surface area contributed by atoms with Gasteiger partial charge in [-0.05, 0) is 12.1 Å². The Kier molecular flexibility index (Phi) is 5.06. The number of methoxy groups -OCH3 is 1. The molecule has 134 valence electrons. The zero-order valence-corrected chi connectivity index (χ0v) is 14.5. The van der Waals surface area contributed by atoms with Gasteiger partial charge in [-0.3, -0.25) is 4.79 Å². The minimum absolute atomic E-state index is 0.00498. The Bertz CT molecular complexity index is 824. The molecule has 2 heterocycles. The summed E-state index contributed by atoms with van der Waals surface area (Å²) in [6, 6.07) is 6.81. The molecule has 0 radical (unpaired) electrons. The topological polar surface area (TPSA) is 77.8 Å². The van der Waals surface area contributed by atoms with E-state index in [1.54, 1.807) is 24.3 Å². The SMILES string of the molecule is COc1cccc2cc(C(=O)NCC[N+]3(C)CCOCC3)c(=O)oc12. The fourth-order valence-corrected chi connectivity index (χ4v) is 2.98. The molecule has 0 atom stereocenters. The molecular weight excluding hydrogens is 324 g/mol. The van der Waals surface area contributed by atoms with E-state index in [2.05, 4.69) is 12.4 Å². The zero-order valence-electron chi connectivity index (χ0n) is 14.5. The Morgan fingerprint density at radius 1 is 1.32 bits per heavy atom. The number of carbonyl (C=O) groups is 1. The second-order valence-electron chi connectivity index (χ2n) is 6.48. The van der Waals surface area contributed by atoms with Crippen LogP contribution in [0.3, 0.4) is 0 Å². The smallest absolute Gasteiger partial charge is 0.349 e. The molecule has 0 saturated carbocycles. The van der Waals surface area contributed by atoms with Crippen molar-refractivity contribution in [3.05, 3.63) is 40.2 Å². The van der Waals surface area contributed by atoms with Crippen LogP contribution in [0.2, 0.25) is 0 Å². The van der Waals surface area contributed by atoms with Crippen molar-refractivity contribution in [2.24, 2.45) is 0 Å². The van der Waals surface area contributed by atoms with E-state index in [0.29, 0.717) is 23.3 Å². The van der Waals surface area contributed by atoms with E-state index in [1.807, 2.05) is 0 Å². The van der Waals surface area contributed by atoms with Crippen LogP contribution in [0.4, 0.5) is 0 Å². The van der Waals surface area contributed by atoms with Crippen molar-refractivity contribution in [1.29, 1.82) is 0 Å². The van der Waals surface area contributed by atoms with Crippen LogP contribution in [-0.2, 0) is 4.74 Å². The molecule has 25 heavy (non-hydrogen) atoms. The van der Waals surface area contributed by atoms with Gasteiger partial charge < -0.3 is 23.7 Å². The lowest BCUT2D eigenvalue weighted by atomic mass is 10.1. The molecule has 0 unspecified atom stereocenters. The standard InChI is InChI=1S/C18H22N2O5/c1-20(8-10-24-11-9-20)7-6-19-17(21)14-12-13-4-3-5-15(23-2)16(13)25-18(14)22/h3-5,12H,6-11H2,1-2H3/p+1. The maximum atomic E-state index is 12.4. The summed E-state index contributed by atoms with van der Waals surface area (Å²) in [6.45, 7) is 4.61. The zero-order chi connectivity index (χ0) is 17.9. The molecule has 1 aliphatic heterocycles. The molecule has 1 amide bonds. The van der Waals surface area contributed by atoms with Crippen molar-refractivity contribution < 1.29 is 23.2 Å². The van der Waals surface area contributed by atoms with Gasteiger partial charge in [0, 0.05) is 5.39 Å². The monoisotopic (exact) mass is 347 g/mol. The van der Waals surface area contributed by atoms with E-state index in [4.69, 9.17) is 13.9 Å². The first-order valence-corrected chi connectivity index (χ1v) is 8.33. The van der Waals surface area contributed by atoms with Crippen LogP contribution in [0.25, 0.3) is 11.0 Å². The lowest BCUT2D eigenvalue weighted by molar-refractivity contribution is -0.915. The van der Waals surface area contributed by atoms with Crippen molar-refractivity contribution in [2.75, 3.05) is 53.6 Å². The molecule has 1 saturated heterocycles. The Morgan fingerprint density at radius 3 is 2.80 bits per heavy atom. The number of likely N-dealkylation sites (N-methyl/N-ethyl adjacent to an activating group) is 1. The van der Waals surface area contributed by atoms with Crippen LogP contribution < -0.4 is 15.7 Å². The molecule has 1 aromatic carbocycles. The Morgan fingerprint density at radius 2 is 2.08 bits per heavy atom. The highest BCUT2D eigenvalue weighted by molar-refractivity contribution is 5.97. The van der Waals surface area contributed by atoms with Crippen LogP contribution in [0.1, 0.15) is 10.4 Å². The van der Waals surface area contributed by atoms with Crippen LogP contribution in [0.15, 0.2) is 33.5 Å². The van der Waals surface area contributed by atoms with Gasteiger partial charge in [0.25, 0.3) is 5.91 Å². The second-order valence-corrected chi connectivity index (χ2v) is 6.48. The van der Waals surface area contributed by atoms with E-state index in [-0.39, 0.29) is 5.56 Å². The summed E-state index contributed by atoms with van der Waals surface area (Å²) < 4.78 is 16.7. The molecule has 0 bridgehead atoms. The Labute approximate surface area is 145 Å². The van der Waals surface area contributed by atoms with Gasteiger partial charge >= 0.3 is 5.63 Å². The average Bonchev–Trinajstić information content (AvgIpc) is 2.61. The van der Waals surface area contributed by atoms with Crippen LogP contribution in [-0.4, -0.2) is 63.9 Å². The van der Waals surface area contributed by atoms with E-state index in [9.17, 15) is 9.59 Å². The third kappa shape index (κ3) is 3.83. The summed E-state index contributed by atoms with van der Waals surface area (Å²) in [4.78, 5) is 24.5. The van der Waals surface area contributed by atoms with Crippen molar-refractivity contribution in [3.63, 3.8) is 0 Å². The van der Waals surface area contributed by atoms with Crippen LogP contribution in [0.5, 0.6) is 5.75 Å². The summed E-state index contributed by atoms with van der Waals surface area (Å²) in [6.07, 6.45) is 0. The maximum Gasteiger partial charge on any atom is 0.349 e. The summed E-state index contributed by atoms with van der Waals surface area (Å²) >= 11 is 0. The number of quaternary nitrogens is 1. The van der Waals surface area contributed by atoms with Gasteiger partial charge in [0.05, 0.1) is 40.5 Å². The normalized spacial score (nSPS) is 16.6. The lowest BCUT2D eigenvalue weighted by Crippen LogP contribution is -2.54. The first-order chi connectivity index (χ1) is 12.0. The van der Waals surface area contributed by atoms with Gasteiger partial charge in [0.2, 0.25) is 0 Å². The minimum Gasteiger partial charge on any atom is -0.493 e. The largest absolute Gasteiger partial charge is 0.493 e. The van der Waals surface area contributed by atoms with Crippen LogP contribution in [0, 0.1) is 0 Å². The number of fused-ring (bicyclic) bond motifs is 1. The summed E-state index contributed by atoms with van der Waals surface area (Å²) in [5.41, 5.74) is -0.315. The summed E-state index contributed by atoms with van der Waals surface area (Å²) in [5, 5.41) is 3.47. The number of rotatable bonds is 5. The van der Waals surface area contributed by atoms with E-state index in [1.165, 1.54) is 7.11 Å². The molecule has 2 aromatic rings. The molecule has 1 aromatic heterocycles. The van der Waals surface area contributed by atoms with Crippen molar-refractivity contribution in [2.45, 2.75) is 0 Å². The number of para-hydroxylation sites is 1. The van der Waals surface area contributed by atoms with Gasteiger partial charge in [0.15, 0.2) is 11.3 Å². The number of ether oxygens (including phenoxy) is 2. The van der Waals surface area contributed by atoms with Gasteiger partial charge in [0.1, 0.15) is 18.7 Å². The van der Waals surface area contributed by atoms with Gasteiger partial charge in [-0.15, -0.1) is 0 Å². The van der Waals surface area contributed by atoms with Crippen LogP contribution >= 0.6 is 0 Å². The average molecular weight is 347 g/mol. The molecule has 7 nitrogen and oxygen atoms in total. The number of nitrogens with zero attached hydrogens (tertiary/aromatic N) is 1. The molecule has 7 heteroatoms. The molecule has 1 N–H and O–H groups in total. The van der Waals surface area contributed by atoms with Gasteiger partial charge in [-0.1, -0.05) is 12.1 Å². The highest BCUT2D eigenvalue weighted by Crippen LogP contribution is 2.24. The maximum absolute atomic E-state index is 12.4. The molecule has 1 aliphatic rings. The molecule has 0 aliphatic carbocycles. The van der Waals surface area contributed by atoms with Crippen molar-refractivity contribution >= 4 is 16.9 Å². The number of morpholine rings is 1. The number of nitrogens with one attached hydrogen (secondary N) is 1.